The molecule has 0 fully saturated rings. The summed E-state index contributed by atoms with van der Waals surface area (Å²) in [6.07, 6.45) is 0. The molecule has 0 saturated carbocycles. The third-order valence-corrected chi connectivity index (χ3v) is 0. The van der Waals surface area contributed by atoms with Crippen LogP contribution in [-0.4, -0.2) is 0 Å². The third-order valence-electron chi connectivity index (χ3n) is 0. The molecule has 0 N–H and O–H groups in total. The fraction of sp³-hybridized carbons (Fsp3) is 0. The van der Waals surface area contributed by atoms with Gasteiger partial charge < -0.3 is 9.41 Å². The average Bonchev–Trinajstić information content (AvgIpc) is 1.76. The summed E-state index contributed by atoms with van der Waals surface area (Å²) in [6.45, 7) is 0. The fourth-order valence-electron chi connectivity index (χ4n) is 0. The molecule has 0 aromatic carbocycles. The van der Waals surface area contributed by atoms with Gasteiger partial charge in [0.2, 0.25) is 0 Å². The Labute approximate surface area is 356 Å². The Morgan fingerprint density at radius 1 is 0.542 bits per heavy atom. The van der Waals surface area contributed by atoms with Gasteiger partial charge >= 0.3 is 358 Å². The zero-order valence-electron chi connectivity index (χ0n) is 13.4. The van der Waals surface area contributed by atoms with E-state index in [4.69, 9.17) is 40.5 Å². The molecule has 24 heteroatoms. The van der Waals surface area contributed by atoms with Crippen molar-refractivity contribution in [3.05, 3.63) is 0 Å². The summed E-state index contributed by atoms with van der Waals surface area (Å²) < 4.78 is 103. The van der Waals surface area contributed by atoms with Crippen LogP contribution in [0.25, 0.3) is 0 Å². The Balaban J connectivity index is -0.00000000720. The van der Waals surface area contributed by atoms with Gasteiger partial charge in [0.15, 0.2) is 0 Å². The molecule has 0 rings (SSSR count). The first-order chi connectivity index (χ1) is 6.93. The van der Waals surface area contributed by atoms with E-state index in [0.29, 0.717) is 0 Å². The van der Waals surface area contributed by atoms with E-state index in [1.54, 1.807) is 0 Å². The molecule has 24 heavy (non-hydrogen) atoms. The van der Waals surface area contributed by atoms with Crippen molar-refractivity contribution in [3.63, 3.8) is 0 Å². The molecular weight excluding hydrogens is 964 g/mol. The second kappa shape index (κ2) is 69.7. The zero-order chi connectivity index (χ0) is 14.3. The summed E-state index contributed by atoms with van der Waals surface area (Å²) in [7, 11) is 0. The van der Waals surface area contributed by atoms with E-state index in [2.05, 4.69) is 0 Å². The third kappa shape index (κ3) is 346. The SMILES string of the molecule is [F-].[F-].[K+].[K+].[K+].[Na+].[Na+].[Na+].[O]=[Nb](=[O])[O-].[O]=[Nb](=[O])[O-].[O]=[Ta](=[O])[O-].[O]=[Ta](=[O])[O-]. The Hall–Kier alpha value is 8.97. The predicted octanol–water partition coefficient (Wildman–Crippen LogP) is -29.7. The van der Waals surface area contributed by atoms with Crippen LogP contribution in [0.2, 0.25) is 0 Å². The van der Waals surface area contributed by atoms with E-state index in [0.717, 1.165) is 0 Å². The van der Waals surface area contributed by atoms with Crippen LogP contribution >= 0.6 is 0 Å². The van der Waals surface area contributed by atoms with E-state index in [1.165, 1.54) is 0 Å². The molecule has 0 radical (unpaired) electrons. The number of halogens is 2. The van der Waals surface area contributed by atoms with Gasteiger partial charge in [0, 0.05) is 0 Å². The minimum absolute atomic E-state index is 0. The van der Waals surface area contributed by atoms with Gasteiger partial charge in [-0.3, -0.25) is 0 Å². The monoisotopic (exact) mass is 964 g/mol. The molecule has 0 spiro atoms. The molecule has 12 nitrogen and oxygen atoms in total. The Kier molecular flexibility index (Phi) is 223. The fourth-order valence-corrected chi connectivity index (χ4v) is 0. The van der Waals surface area contributed by atoms with Gasteiger partial charge in [0.05, 0.1) is 0 Å². The van der Waals surface area contributed by atoms with Gasteiger partial charge in [-0.1, -0.05) is 0 Å². The summed E-state index contributed by atoms with van der Waals surface area (Å²) in [5, 5.41) is 0. The van der Waals surface area contributed by atoms with Gasteiger partial charge in [-0.2, -0.15) is 0 Å². The average molecular weight is 964 g/mol. The van der Waals surface area contributed by atoms with Crippen molar-refractivity contribution in [1.29, 1.82) is 0 Å². The van der Waals surface area contributed by atoms with Crippen molar-refractivity contribution in [2.24, 2.45) is 0 Å². The van der Waals surface area contributed by atoms with E-state index >= 15 is 0 Å². The first-order valence-corrected chi connectivity index (χ1v) is 15.4. The van der Waals surface area contributed by atoms with Crippen molar-refractivity contribution < 1.29 is 368 Å². The van der Waals surface area contributed by atoms with E-state index in [1.807, 2.05) is 0 Å². The molecule has 0 aliphatic heterocycles. The van der Waals surface area contributed by atoms with Crippen LogP contribution in [0.3, 0.4) is 0 Å². The molecule has 0 saturated heterocycles. The maximum atomic E-state index is 8.62. The van der Waals surface area contributed by atoms with Crippen LogP contribution in [0, 0.1) is 0 Å². The van der Waals surface area contributed by atoms with Crippen molar-refractivity contribution >= 4 is 0 Å². The number of rotatable bonds is 0. The van der Waals surface area contributed by atoms with Gasteiger partial charge in [-0.25, -0.2) is 0 Å². The second-order valence-electron chi connectivity index (χ2n) is 0.894. The first kappa shape index (κ1) is 76.6. The molecule has 0 atom stereocenters. The van der Waals surface area contributed by atoms with E-state index in [9.17, 15) is 0 Å². The summed E-state index contributed by atoms with van der Waals surface area (Å²) in [5.41, 5.74) is 0. The van der Waals surface area contributed by atoms with E-state index < -0.39 is 75.1 Å². The van der Waals surface area contributed by atoms with Crippen LogP contribution in [0.15, 0.2) is 0 Å². The second-order valence-corrected chi connectivity index (χ2v) is 6.31. The maximum absolute atomic E-state index is 8.62. The van der Waals surface area contributed by atoms with Crippen LogP contribution < -0.4 is 267 Å². The van der Waals surface area contributed by atoms with Crippen LogP contribution in [0.1, 0.15) is 0 Å². The van der Waals surface area contributed by atoms with Crippen molar-refractivity contribution in [2.45, 2.75) is 0 Å². The first-order valence-electron chi connectivity index (χ1n) is 2.19. The van der Waals surface area contributed by atoms with Crippen LogP contribution in [0.4, 0.5) is 0 Å². The Bertz CT molecular complexity index is 325. The summed E-state index contributed by atoms with van der Waals surface area (Å²) in [6, 6.07) is 0. The summed E-state index contributed by atoms with van der Waals surface area (Å²) in [4.78, 5) is 0. The van der Waals surface area contributed by atoms with Crippen molar-refractivity contribution in [1.82, 2.24) is 0 Å². The molecule has 112 valence electrons. The van der Waals surface area contributed by atoms with Crippen LogP contribution in [-0.2, 0) is 101 Å². The van der Waals surface area contributed by atoms with Gasteiger partial charge in [0.1, 0.15) is 0 Å². The molecular formula is F2K3Na3Nb2O12Ta2. The van der Waals surface area contributed by atoms with Crippen molar-refractivity contribution in [2.75, 3.05) is 0 Å². The molecule has 0 amide bonds. The zero-order valence-corrected chi connectivity index (χ0v) is 39.6. The van der Waals surface area contributed by atoms with Gasteiger partial charge in [0.25, 0.3) is 0 Å². The Morgan fingerprint density at radius 2 is 0.542 bits per heavy atom. The topological polar surface area (TPSA) is 229 Å². The minimum atomic E-state index is -4.34. The predicted molar refractivity (Wildman–Crippen MR) is 5.49 cm³/mol. The van der Waals surface area contributed by atoms with E-state index in [-0.39, 0.29) is 252 Å². The summed E-state index contributed by atoms with van der Waals surface area (Å²) >= 11 is -17.1. The molecule has 0 aromatic heterocycles. The molecule has 0 aliphatic rings. The Morgan fingerprint density at radius 3 is 0.542 bits per heavy atom. The van der Waals surface area contributed by atoms with Crippen LogP contribution in [0.5, 0.6) is 0 Å². The van der Waals surface area contributed by atoms with Gasteiger partial charge in [-0.05, 0) is 0 Å². The molecule has 0 heterocycles. The molecule has 0 aliphatic carbocycles. The summed E-state index contributed by atoms with van der Waals surface area (Å²) in [5.74, 6) is 0. The number of hydrogen-bond donors (Lipinski definition) is 0. The molecule has 0 bridgehead atoms. The standard InChI is InChI=1S/2FH.3K.3Na.2Nb.12O.2Ta/h2*1H;;;;;;;;;;;;;;;;;;;;;;/q;;6*+1;;;;;;;;;;;4*-1;;/p-2. The number of hydrogen-bond acceptors (Lipinski definition) is 12. The molecule has 0 unspecified atom stereocenters. The normalized spacial score (nSPS) is 4.17. The quantitative estimate of drug-likeness (QED) is 0.206. The van der Waals surface area contributed by atoms with Gasteiger partial charge in [-0.15, -0.1) is 0 Å². The van der Waals surface area contributed by atoms with Crippen molar-refractivity contribution in [3.8, 4) is 0 Å². The molecule has 0 aromatic rings.